The van der Waals surface area contributed by atoms with E-state index in [0.717, 1.165) is 10.8 Å². The molecular weight excluding hydrogens is 299 g/mol. The van der Waals surface area contributed by atoms with Gasteiger partial charge in [-0.3, -0.25) is 9.36 Å². The Kier molecular flexibility index (Phi) is 4.31. The topological polar surface area (TPSA) is 80.8 Å². The van der Waals surface area contributed by atoms with Crippen LogP contribution in [0.15, 0.2) is 17.1 Å². The number of hydrogen-bond donors (Lipinski definition) is 0. The Morgan fingerprint density at radius 1 is 1.57 bits per heavy atom. The number of nitrogens with zero attached hydrogens (tertiary/aromatic N) is 4. The first-order valence-corrected chi connectivity index (χ1v) is 6.20. The van der Waals surface area contributed by atoms with E-state index in [2.05, 4.69) is 9.97 Å². The van der Waals surface area contributed by atoms with Crippen LogP contribution >= 0.6 is 11.6 Å². The molecule has 21 heavy (non-hydrogen) atoms. The Hall–Kier alpha value is -2.30. The molecule has 0 amide bonds. The number of methoxy groups -OCH3 is 1. The fourth-order valence-electron chi connectivity index (χ4n) is 1.94. The molecule has 108 valence electrons. The van der Waals surface area contributed by atoms with Gasteiger partial charge in [-0.05, 0) is 24.6 Å². The van der Waals surface area contributed by atoms with Gasteiger partial charge in [0.15, 0.2) is 11.6 Å². The summed E-state index contributed by atoms with van der Waals surface area (Å²) in [6.45, 7) is 1.70. The Labute approximate surface area is 124 Å². The van der Waals surface area contributed by atoms with E-state index >= 15 is 0 Å². The summed E-state index contributed by atoms with van der Waals surface area (Å²) in [7, 11) is 1.45. The van der Waals surface area contributed by atoms with Crippen molar-refractivity contribution in [2.75, 3.05) is 7.11 Å². The zero-order chi connectivity index (χ0) is 15.6. The molecule has 2 heterocycles. The largest absolute Gasteiger partial charge is 0.380 e. The van der Waals surface area contributed by atoms with E-state index in [4.69, 9.17) is 21.6 Å². The maximum Gasteiger partial charge on any atom is 0.274 e. The highest BCUT2D eigenvalue weighted by atomic mass is 35.5. The molecule has 0 N–H and O–H groups in total. The Morgan fingerprint density at radius 3 is 2.90 bits per heavy atom. The number of hydrogen-bond acceptors (Lipinski definition) is 5. The number of ether oxygens (including phenoxy) is 1. The smallest absolute Gasteiger partial charge is 0.274 e. The highest BCUT2D eigenvalue weighted by molar-refractivity contribution is 6.28. The highest BCUT2D eigenvalue weighted by Crippen LogP contribution is 2.15. The van der Waals surface area contributed by atoms with Crippen molar-refractivity contribution in [3.8, 4) is 11.9 Å². The van der Waals surface area contributed by atoms with Crippen LogP contribution in [0.2, 0.25) is 5.28 Å². The van der Waals surface area contributed by atoms with Gasteiger partial charge in [0.25, 0.3) is 5.56 Å². The van der Waals surface area contributed by atoms with Gasteiger partial charge < -0.3 is 4.74 Å². The van der Waals surface area contributed by atoms with Crippen LogP contribution in [0, 0.1) is 24.1 Å². The van der Waals surface area contributed by atoms with Crippen LogP contribution < -0.4 is 5.56 Å². The van der Waals surface area contributed by atoms with Gasteiger partial charge in [-0.15, -0.1) is 0 Å². The number of rotatable bonds is 3. The molecule has 0 aromatic carbocycles. The highest BCUT2D eigenvalue weighted by Gasteiger charge is 2.18. The zero-order valence-electron chi connectivity index (χ0n) is 11.2. The summed E-state index contributed by atoms with van der Waals surface area (Å²) < 4.78 is 19.8. The van der Waals surface area contributed by atoms with E-state index in [1.807, 2.05) is 6.07 Å². The second-order valence-electron chi connectivity index (χ2n) is 4.18. The maximum atomic E-state index is 13.8. The standard InChI is InChI=1S/C13H10ClFN4O2/c1-7-3-8(6-21-2)9(4-16)12(20)19(7)11-10(15)5-17-13(14)18-11/h3,5H,6H2,1-2H3. The van der Waals surface area contributed by atoms with Crippen molar-refractivity contribution in [3.05, 3.63) is 50.5 Å². The lowest BCUT2D eigenvalue weighted by Crippen LogP contribution is -2.26. The summed E-state index contributed by atoms with van der Waals surface area (Å²) in [5.74, 6) is -1.11. The fourth-order valence-corrected chi connectivity index (χ4v) is 2.07. The molecule has 0 radical (unpaired) electrons. The van der Waals surface area contributed by atoms with Crippen LogP contribution in [-0.2, 0) is 11.3 Å². The van der Waals surface area contributed by atoms with Gasteiger partial charge in [0, 0.05) is 18.4 Å². The first-order chi connectivity index (χ1) is 9.99. The third kappa shape index (κ3) is 2.77. The number of pyridine rings is 1. The maximum absolute atomic E-state index is 13.8. The van der Waals surface area contributed by atoms with Crippen molar-refractivity contribution in [1.82, 2.24) is 14.5 Å². The van der Waals surface area contributed by atoms with Crippen LogP contribution in [0.25, 0.3) is 5.82 Å². The predicted molar refractivity (Wildman–Crippen MR) is 72.8 cm³/mol. The van der Waals surface area contributed by atoms with E-state index in [0.29, 0.717) is 11.3 Å². The molecule has 0 unspecified atom stereocenters. The van der Waals surface area contributed by atoms with Crippen molar-refractivity contribution < 1.29 is 9.13 Å². The molecule has 0 bridgehead atoms. The molecule has 0 aliphatic carbocycles. The number of aryl methyl sites for hydroxylation is 1. The summed E-state index contributed by atoms with van der Waals surface area (Å²) in [5, 5.41) is 8.94. The van der Waals surface area contributed by atoms with Crippen LogP contribution in [0.5, 0.6) is 0 Å². The Bertz CT molecular complexity index is 798. The number of aromatic nitrogens is 3. The molecule has 0 fully saturated rings. The van der Waals surface area contributed by atoms with E-state index in [1.165, 1.54) is 7.11 Å². The lowest BCUT2D eigenvalue weighted by molar-refractivity contribution is 0.184. The first-order valence-electron chi connectivity index (χ1n) is 5.82. The van der Waals surface area contributed by atoms with Gasteiger partial charge in [-0.1, -0.05) is 0 Å². The minimum atomic E-state index is -0.812. The summed E-state index contributed by atoms with van der Waals surface area (Å²) >= 11 is 5.64. The molecule has 2 aromatic rings. The first kappa shape index (κ1) is 15.1. The molecule has 0 saturated heterocycles. The molecular formula is C13H10ClFN4O2. The van der Waals surface area contributed by atoms with Gasteiger partial charge in [0.05, 0.1) is 12.8 Å². The normalized spacial score (nSPS) is 10.4. The minimum absolute atomic E-state index is 0.104. The third-order valence-electron chi connectivity index (χ3n) is 2.79. The van der Waals surface area contributed by atoms with Crippen LogP contribution in [0.3, 0.4) is 0 Å². The predicted octanol–water partition coefficient (Wildman–Crippen LogP) is 1.75. The summed E-state index contributed by atoms with van der Waals surface area (Å²) in [6.07, 6.45) is 0.867. The summed E-state index contributed by atoms with van der Waals surface area (Å²) in [4.78, 5) is 19.6. The molecule has 0 aliphatic heterocycles. The average Bonchev–Trinajstić information content (AvgIpc) is 2.43. The van der Waals surface area contributed by atoms with Crippen molar-refractivity contribution in [2.45, 2.75) is 13.5 Å². The van der Waals surface area contributed by atoms with Gasteiger partial charge in [0.1, 0.15) is 11.6 Å². The van der Waals surface area contributed by atoms with E-state index in [9.17, 15) is 9.18 Å². The van der Waals surface area contributed by atoms with Crippen LogP contribution in [0.4, 0.5) is 4.39 Å². The minimum Gasteiger partial charge on any atom is -0.380 e. The molecule has 0 spiro atoms. The number of nitriles is 1. The molecule has 2 aromatic heterocycles. The quantitative estimate of drug-likeness (QED) is 0.807. The van der Waals surface area contributed by atoms with Crippen molar-refractivity contribution in [3.63, 3.8) is 0 Å². The molecule has 8 heteroatoms. The molecule has 0 atom stereocenters. The van der Waals surface area contributed by atoms with Crippen LogP contribution in [0.1, 0.15) is 16.8 Å². The lowest BCUT2D eigenvalue weighted by Gasteiger charge is -2.12. The van der Waals surface area contributed by atoms with Gasteiger partial charge in [0.2, 0.25) is 5.28 Å². The monoisotopic (exact) mass is 308 g/mol. The zero-order valence-corrected chi connectivity index (χ0v) is 12.0. The lowest BCUT2D eigenvalue weighted by atomic mass is 10.1. The third-order valence-corrected chi connectivity index (χ3v) is 2.98. The van der Waals surface area contributed by atoms with Crippen molar-refractivity contribution in [1.29, 1.82) is 5.26 Å². The molecule has 0 saturated carbocycles. The second kappa shape index (κ2) is 5.99. The summed E-state index contributed by atoms with van der Waals surface area (Å²) in [5.41, 5.74) is 0.0221. The summed E-state index contributed by atoms with van der Waals surface area (Å²) in [6, 6.07) is 3.38. The average molecular weight is 309 g/mol. The fraction of sp³-hybridized carbons (Fsp3) is 0.231. The van der Waals surface area contributed by atoms with E-state index in [-0.39, 0.29) is 23.3 Å². The van der Waals surface area contributed by atoms with Crippen molar-refractivity contribution >= 4 is 11.6 Å². The second-order valence-corrected chi connectivity index (χ2v) is 4.52. The Morgan fingerprint density at radius 2 is 2.29 bits per heavy atom. The number of halogens is 2. The van der Waals surface area contributed by atoms with Crippen molar-refractivity contribution in [2.24, 2.45) is 0 Å². The molecule has 0 aliphatic rings. The van der Waals surface area contributed by atoms with E-state index in [1.54, 1.807) is 13.0 Å². The molecule has 2 rings (SSSR count). The van der Waals surface area contributed by atoms with E-state index < -0.39 is 11.4 Å². The Balaban J connectivity index is 2.80. The molecule has 6 nitrogen and oxygen atoms in total. The van der Waals surface area contributed by atoms with Gasteiger partial charge >= 0.3 is 0 Å². The van der Waals surface area contributed by atoms with Gasteiger partial charge in [-0.2, -0.15) is 10.2 Å². The SMILES string of the molecule is COCc1cc(C)n(-c2nc(Cl)ncc2F)c(=O)c1C#N. The van der Waals surface area contributed by atoms with Crippen LogP contribution in [-0.4, -0.2) is 21.6 Å². The van der Waals surface area contributed by atoms with Gasteiger partial charge in [-0.25, -0.2) is 9.37 Å².